The van der Waals surface area contributed by atoms with Gasteiger partial charge in [0, 0.05) is 43.7 Å². The van der Waals surface area contributed by atoms with Gasteiger partial charge in [0.2, 0.25) is 11.8 Å². The highest BCUT2D eigenvalue weighted by molar-refractivity contribution is 5.89. The third-order valence-corrected chi connectivity index (χ3v) is 5.96. The number of hydrogen-bond donors (Lipinski definition) is 3. The minimum atomic E-state index is -0.0828. The summed E-state index contributed by atoms with van der Waals surface area (Å²) in [5.74, 6) is 2.88. The molecule has 0 unspecified atom stereocenters. The summed E-state index contributed by atoms with van der Waals surface area (Å²) in [7, 11) is 0. The number of H-pyrrole nitrogens is 1. The predicted molar refractivity (Wildman–Crippen MR) is 107 cm³/mol. The summed E-state index contributed by atoms with van der Waals surface area (Å²) in [5.41, 5.74) is 0.925. The fraction of sp³-hybridized carbons (Fsp3) is 0.619. The topological polar surface area (TPSA) is 113 Å². The smallest absolute Gasteiger partial charge is 0.225 e. The SMILES string of the molecule is CC(=O)N[C@H]1C[C@@H](c2cc(NC(=O)CCc3cnc(C4CCCCC4)o3)[nH]n2)C1. The Morgan fingerprint density at radius 1 is 1.21 bits per heavy atom. The van der Waals surface area contributed by atoms with Crippen molar-refractivity contribution in [2.24, 2.45) is 0 Å². The van der Waals surface area contributed by atoms with E-state index in [0.717, 1.165) is 43.0 Å². The minimum absolute atomic E-state index is 0.000971. The van der Waals surface area contributed by atoms with Crippen molar-refractivity contribution in [3.8, 4) is 0 Å². The normalized spacial score (nSPS) is 22.1. The number of aromatic nitrogens is 3. The van der Waals surface area contributed by atoms with E-state index in [4.69, 9.17) is 4.42 Å². The molecule has 0 aliphatic heterocycles. The van der Waals surface area contributed by atoms with Gasteiger partial charge in [0.25, 0.3) is 0 Å². The second-order valence-electron chi connectivity index (χ2n) is 8.32. The summed E-state index contributed by atoms with van der Waals surface area (Å²) < 4.78 is 5.88. The standard InChI is InChI=1S/C21H29N5O3/c1-13(27)23-16-9-15(10-16)18-11-19(26-25-18)24-20(28)8-7-17-12-22-21(29-17)14-5-3-2-4-6-14/h11-12,14-16H,2-10H2,1H3,(H,23,27)(H2,24,25,26,28)/t15-,16+. The first kappa shape index (κ1) is 19.7. The third kappa shape index (κ3) is 5.05. The van der Waals surface area contributed by atoms with Crippen LogP contribution in [-0.2, 0) is 16.0 Å². The second-order valence-corrected chi connectivity index (χ2v) is 8.32. The van der Waals surface area contributed by atoms with Gasteiger partial charge >= 0.3 is 0 Å². The number of aryl methyl sites for hydroxylation is 1. The number of aromatic amines is 1. The third-order valence-electron chi connectivity index (χ3n) is 5.96. The molecule has 0 saturated heterocycles. The largest absolute Gasteiger partial charge is 0.445 e. The van der Waals surface area contributed by atoms with Crippen molar-refractivity contribution in [3.05, 3.63) is 29.6 Å². The molecular weight excluding hydrogens is 370 g/mol. The molecule has 2 saturated carbocycles. The number of oxazole rings is 1. The number of anilines is 1. The lowest BCUT2D eigenvalue weighted by molar-refractivity contribution is -0.120. The van der Waals surface area contributed by atoms with E-state index in [1.54, 1.807) is 6.20 Å². The molecule has 2 aliphatic carbocycles. The Hall–Kier alpha value is -2.64. The van der Waals surface area contributed by atoms with E-state index in [2.05, 4.69) is 25.8 Å². The molecule has 8 heteroatoms. The summed E-state index contributed by atoms with van der Waals surface area (Å²) in [5, 5.41) is 13.0. The van der Waals surface area contributed by atoms with Crippen LogP contribution in [0.3, 0.4) is 0 Å². The monoisotopic (exact) mass is 399 g/mol. The minimum Gasteiger partial charge on any atom is -0.445 e. The van der Waals surface area contributed by atoms with Crippen molar-refractivity contribution < 1.29 is 14.0 Å². The van der Waals surface area contributed by atoms with Gasteiger partial charge in [-0.1, -0.05) is 19.3 Å². The molecule has 0 bridgehead atoms. The number of nitrogens with one attached hydrogen (secondary N) is 3. The Balaban J connectivity index is 1.21. The van der Waals surface area contributed by atoms with Crippen LogP contribution >= 0.6 is 0 Å². The van der Waals surface area contributed by atoms with Crippen LogP contribution < -0.4 is 10.6 Å². The maximum atomic E-state index is 12.3. The van der Waals surface area contributed by atoms with Gasteiger partial charge in [0.05, 0.1) is 11.9 Å². The Bertz CT molecular complexity index is 846. The van der Waals surface area contributed by atoms with Gasteiger partial charge in [-0.15, -0.1) is 0 Å². The average molecular weight is 399 g/mol. The zero-order chi connectivity index (χ0) is 20.2. The van der Waals surface area contributed by atoms with Gasteiger partial charge in [-0.25, -0.2) is 4.98 Å². The first-order valence-corrected chi connectivity index (χ1v) is 10.6. The van der Waals surface area contributed by atoms with E-state index in [-0.39, 0.29) is 17.9 Å². The molecule has 2 aliphatic rings. The maximum Gasteiger partial charge on any atom is 0.225 e. The molecular formula is C21H29N5O3. The fourth-order valence-electron chi connectivity index (χ4n) is 4.30. The van der Waals surface area contributed by atoms with Crippen LogP contribution in [-0.4, -0.2) is 33.0 Å². The van der Waals surface area contributed by atoms with Crippen LogP contribution in [0.1, 0.15) is 87.5 Å². The zero-order valence-electron chi connectivity index (χ0n) is 16.9. The molecule has 156 valence electrons. The molecule has 0 aromatic carbocycles. The van der Waals surface area contributed by atoms with Crippen LogP contribution in [0.5, 0.6) is 0 Å². The number of rotatable bonds is 7. The van der Waals surface area contributed by atoms with Crippen molar-refractivity contribution in [2.45, 2.75) is 82.6 Å². The molecule has 29 heavy (non-hydrogen) atoms. The van der Waals surface area contributed by atoms with Crippen LogP contribution in [0.25, 0.3) is 0 Å². The zero-order valence-corrected chi connectivity index (χ0v) is 16.9. The van der Waals surface area contributed by atoms with Crippen molar-refractivity contribution in [2.75, 3.05) is 5.32 Å². The summed E-state index contributed by atoms with van der Waals surface area (Å²) in [6, 6.07) is 2.11. The Kier molecular flexibility index (Phi) is 5.97. The number of carbonyl (C=O) groups excluding carboxylic acids is 2. The van der Waals surface area contributed by atoms with E-state index in [1.165, 1.54) is 26.2 Å². The van der Waals surface area contributed by atoms with Crippen molar-refractivity contribution in [1.82, 2.24) is 20.5 Å². The van der Waals surface area contributed by atoms with Crippen molar-refractivity contribution in [3.63, 3.8) is 0 Å². The van der Waals surface area contributed by atoms with Gasteiger partial charge in [-0.3, -0.25) is 14.7 Å². The number of amides is 2. The number of carbonyl (C=O) groups is 2. The average Bonchev–Trinajstić information content (AvgIpc) is 3.33. The summed E-state index contributed by atoms with van der Waals surface area (Å²) >= 11 is 0. The van der Waals surface area contributed by atoms with E-state index in [9.17, 15) is 9.59 Å². The quantitative estimate of drug-likeness (QED) is 0.660. The fourth-order valence-corrected chi connectivity index (χ4v) is 4.30. The number of hydrogen-bond acceptors (Lipinski definition) is 5. The molecule has 2 aromatic rings. The maximum absolute atomic E-state index is 12.3. The van der Waals surface area contributed by atoms with Crippen LogP contribution in [0.15, 0.2) is 16.7 Å². The van der Waals surface area contributed by atoms with Crippen LogP contribution in [0.2, 0.25) is 0 Å². The lowest BCUT2D eigenvalue weighted by atomic mass is 9.78. The highest BCUT2D eigenvalue weighted by atomic mass is 16.4. The van der Waals surface area contributed by atoms with E-state index < -0.39 is 0 Å². The highest BCUT2D eigenvalue weighted by Crippen LogP contribution is 2.36. The number of nitrogens with zero attached hydrogens (tertiary/aromatic N) is 2. The Labute approximate surface area is 170 Å². The first-order chi connectivity index (χ1) is 14.1. The molecule has 2 aromatic heterocycles. The van der Waals surface area contributed by atoms with Gasteiger partial charge in [-0.05, 0) is 25.7 Å². The predicted octanol–water partition coefficient (Wildman–Crippen LogP) is 3.40. The summed E-state index contributed by atoms with van der Waals surface area (Å²) in [6.45, 7) is 1.53. The molecule has 0 atom stereocenters. The van der Waals surface area contributed by atoms with Crippen LogP contribution in [0.4, 0.5) is 5.82 Å². The summed E-state index contributed by atoms with van der Waals surface area (Å²) in [6.07, 6.45) is 10.5. The van der Waals surface area contributed by atoms with E-state index in [0.29, 0.717) is 30.5 Å². The molecule has 8 nitrogen and oxygen atoms in total. The molecule has 2 fully saturated rings. The first-order valence-electron chi connectivity index (χ1n) is 10.6. The second kappa shape index (κ2) is 8.80. The molecule has 3 N–H and O–H groups in total. The summed E-state index contributed by atoms with van der Waals surface area (Å²) in [4.78, 5) is 27.8. The van der Waals surface area contributed by atoms with Crippen molar-refractivity contribution in [1.29, 1.82) is 0 Å². The van der Waals surface area contributed by atoms with Crippen molar-refractivity contribution >= 4 is 17.6 Å². The van der Waals surface area contributed by atoms with Gasteiger partial charge in [0.1, 0.15) is 11.6 Å². The van der Waals surface area contributed by atoms with Gasteiger partial charge in [0.15, 0.2) is 5.89 Å². The van der Waals surface area contributed by atoms with E-state index in [1.807, 2.05) is 6.07 Å². The van der Waals surface area contributed by atoms with Gasteiger partial charge in [-0.2, -0.15) is 5.10 Å². The molecule has 2 heterocycles. The Morgan fingerprint density at radius 3 is 2.76 bits per heavy atom. The van der Waals surface area contributed by atoms with Crippen LogP contribution in [0, 0.1) is 0 Å². The Morgan fingerprint density at radius 2 is 2.00 bits per heavy atom. The molecule has 0 spiro atoms. The highest BCUT2D eigenvalue weighted by Gasteiger charge is 2.32. The molecule has 4 rings (SSSR count). The van der Waals surface area contributed by atoms with Gasteiger partial charge < -0.3 is 15.1 Å². The molecule has 2 amide bonds. The molecule has 0 radical (unpaired) electrons. The lowest BCUT2D eigenvalue weighted by Crippen LogP contribution is -2.42. The van der Waals surface area contributed by atoms with E-state index >= 15 is 0 Å². The lowest BCUT2D eigenvalue weighted by Gasteiger charge is -2.34.